The Labute approximate surface area is 540 Å². The highest BCUT2D eigenvalue weighted by Gasteiger charge is 2.41. The highest BCUT2D eigenvalue weighted by molar-refractivity contribution is 6.07. The molecule has 17 aromatic rings. The van der Waals surface area contributed by atoms with Gasteiger partial charge in [-0.15, -0.1) is 0 Å². The van der Waals surface area contributed by atoms with E-state index in [1.54, 1.807) is 0 Å². The van der Waals surface area contributed by atoms with E-state index >= 15 is 0 Å². The van der Waals surface area contributed by atoms with Crippen molar-refractivity contribution in [2.45, 2.75) is 11.8 Å². The molecule has 94 heavy (non-hydrogen) atoms. The van der Waals surface area contributed by atoms with Gasteiger partial charge in [0.2, 0.25) is 0 Å². The normalized spacial score (nSPS) is 13.7. The summed E-state index contributed by atoms with van der Waals surface area (Å²) in [5, 5.41) is 4.37. The lowest BCUT2D eigenvalue weighted by Gasteiger charge is -2.42. The topological polar surface area (TPSA) is 104 Å². The Morgan fingerprint density at radius 3 is 0.872 bits per heavy atom. The zero-order chi connectivity index (χ0) is 61.8. The van der Waals surface area contributed by atoms with Gasteiger partial charge in [0.15, 0.2) is 34.9 Å². The summed E-state index contributed by atoms with van der Waals surface area (Å²) in [5.74, 6) is 3.86. The van der Waals surface area contributed by atoms with E-state index in [-0.39, 0.29) is 11.8 Å². The van der Waals surface area contributed by atoms with E-state index in [1.807, 2.05) is 84.9 Å². The molecule has 4 aromatic heterocycles. The Morgan fingerprint density at radius 2 is 0.447 bits per heavy atom. The van der Waals surface area contributed by atoms with E-state index in [0.717, 1.165) is 111 Å². The Balaban J connectivity index is 0.620. The summed E-state index contributed by atoms with van der Waals surface area (Å²) in [5.41, 5.74) is 26.0. The van der Waals surface area contributed by atoms with Crippen molar-refractivity contribution < 1.29 is 8.83 Å². The molecule has 3 aliphatic carbocycles. The summed E-state index contributed by atoms with van der Waals surface area (Å²) in [6, 6.07) is 107. The predicted octanol–water partition coefficient (Wildman–Crippen LogP) is 21.5. The minimum absolute atomic E-state index is 0.0897. The van der Waals surface area contributed by atoms with Crippen LogP contribution < -0.4 is 0 Å². The third-order valence-corrected chi connectivity index (χ3v) is 19.0. The van der Waals surface area contributed by atoms with Crippen molar-refractivity contribution in [3.8, 4) is 113 Å². The summed E-state index contributed by atoms with van der Waals surface area (Å²) in [6.07, 6.45) is 0. The van der Waals surface area contributed by atoms with Crippen molar-refractivity contribution in [1.82, 2.24) is 29.9 Å². The molecule has 438 valence electrons. The molecule has 8 heteroatoms. The number of nitrogens with zero attached hydrogens (tertiary/aromatic N) is 6. The lowest BCUT2D eigenvalue weighted by atomic mass is 9.60. The van der Waals surface area contributed by atoms with Crippen molar-refractivity contribution in [3.05, 3.63) is 337 Å². The van der Waals surface area contributed by atoms with Crippen LogP contribution in [0.15, 0.2) is 312 Å². The largest absolute Gasteiger partial charge is 0.456 e. The van der Waals surface area contributed by atoms with Gasteiger partial charge in [0.25, 0.3) is 0 Å². The van der Waals surface area contributed by atoms with Crippen molar-refractivity contribution >= 4 is 43.9 Å². The van der Waals surface area contributed by atoms with Crippen LogP contribution in [0.2, 0.25) is 0 Å². The molecule has 2 atom stereocenters. The lowest BCUT2D eigenvalue weighted by Crippen LogP contribution is -2.27. The zero-order valence-electron chi connectivity index (χ0n) is 50.5. The number of aromatic nitrogens is 6. The fraction of sp³-hybridized carbons (Fsp3) is 0.0233. The first-order valence-corrected chi connectivity index (χ1v) is 31.8. The average Bonchev–Trinajstić information content (AvgIpc) is 1.05. The first-order chi connectivity index (χ1) is 46.5. The zero-order valence-corrected chi connectivity index (χ0v) is 50.5. The molecule has 13 aromatic carbocycles. The van der Waals surface area contributed by atoms with Gasteiger partial charge in [-0.3, -0.25) is 0 Å². The SMILES string of the molecule is c1ccc(-c2nc(-c3ccc(-c4ccc5c(c4)C4c6ccccc6C5c5cc(-c6ccc(-c7nc(-c8ccccc8)nc(-c8cccc(-c9ccc%10oc%11ccccc%11c%10c9)c8)n7)cc6)ccc54)cc3)nc(-c3cccc(-c4ccc5oc6ccccc6c5c4)c3)n2)cc1. The maximum Gasteiger partial charge on any atom is 0.164 e. The maximum absolute atomic E-state index is 6.16. The smallest absolute Gasteiger partial charge is 0.164 e. The number of hydrogen-bond donors (Lipinski definition) is 0. The molecule has 0 fully saturated rings. The molecule has 8 nitrogen and oxygen atoms in total. The van der Waals surface area contributed by atoms with Crippen LogP contribution in [0.4, 0.5) is 0 Å². The monoisotopic (exact) mass is 1200 g/mol. The minimum atomic E-state index is 0.0897. The maximum atomic E-state index is 6.16. The van der Waals surface area contributed by atoms with Crippen LogP contribution in [-0.2, 0) is 0 Å². The first kappa shape index (κ1) is 53.3. The van der Waals surface area contributed by atoms with E-state index in [2.05, 4.69) is 218 Å². The number of hydrogen-bond acceptors (Lipinski definition) is 8. The van der Waals surface area contributed by atoms with Gasteiger partial charge in [0, 0.05) is 66.8 Å². The summed E-state index contributed by atoms with van der Waals surface area (Å²) in [6.45, 7) is 0. The Hall–Kier alpha value is -12.5. The highest BCUT2D eigenvalue weighted by Crippen LogP contribution is 2.57. The second kappa shape index (κ2) is 21.6. The van der Waals surface area contributed by atoms with E-state index in [1.165, 1.54) is 44.5 Å². The fourth-order valence-corrected chi connectivity index (χ4v) is 14.4. The molecule has 20 rings (SSSR count). The Bertz CT molecular complexity index is 5520. The lowest BCUT2D eigenvalue weighted by molar-refractivity contribution is 0.668. The van der Waals surface area contributed by atoms with Crippen molar-refractivity contribution in [2.24, 2.45) is 0 Å². The predicted molar refractivity (Wildman–Crippen MR) is 377 cm³/mol. The fourth-order valence-electron chi connectivity index (χ4n) is 14.4. The molecule has 0 N–H and O–H groups in total. The third kappa shape index (κ3) is 9.06. The molecular formula is C86H52N6O2. The molecule has 2 bridgehead atoms. The van der Waals surface area contributed by atoms with E-state index in [0.29, 0.717) is 34.9 Å². The van der Waals surface area contributed by atoms with Gasteiger partial charge in [-0.2, -0.15) is 0 Å². The first-order valence-electron chi connectivity index (χ1n) is 31.8. The molecule has 0 spiro atoms. The number of fused-ring (bicyclic) bond motifs is 6. The number of para-hydroxylation sites is 2. The number of rotatable bonds is 10. The number of furan rings is 2. The van der Waals surface area contributed by atoms with Gasteiger partial charge in [0.1, 0.15) is 22.3 Å². The molecule has 0 amide bonds. The van der Waals surface area contributed by atoms with Crippen molar-refractivity contribution in [3.63, 3.8) is 0 Å². The van der Waals surface area contributed by atoms with Gasteiger partial charge in [-0.05, 0) is 139 Å². The molecular weight excluding hydrogens is 1150 g/mol. The van der Waals surface area contributed by atoms with Crippen LogP contribution in [0.1, 0.15) is 45.2 Å². The second-order valence-electron chi connectivity index (χ2n) is 24.5. The van der Waals surface area contributed by atoms with Crippen molar-refractivity contribution in [2.75, 3.05) is 0 Å². The summed E-state index contributed by atoms with van der Waals surface area (Å²) in [7, 11) is 0. The molecule has 0 saturated heterocycles. The number of benzene rings is 13. The van der Waals surface area contributed by atoms with E-state index in [9.17, 15) is 0 Å². The highest BCUT2D eigenvalue weighted by atomic mass is 16.3. The molecule has 0 aliphatic heterocycles. The summed E-state index contributed by atoms with van der Waals surface area (Å²) < 4.78 is 12.3. The van der Waals surface area contributed by atoms with Crippen LogP contribution in [-0.4, -0.2) is 29.9 Å². The Kier molecular flexibility index (Phi) is 12.2. The van der Waals surface area contributed by atoms with Gasteiger partial charge >= 0.3 is 0 Å². The standard InChI is InChI=1S/C86H52N6O2/c1-3-15-53(16-4-1)81-87-83(91-85(89-81)63-21-13-19-57(45-63)61-39-43-77-71(47-61)65-23-9-11-27-75(65)93-77)55-33-29-51(30-34-55)59-37-41-69-73(49-59)79-67-25-7-8-26-68(67)80(69)74-50-60(38-42-70(74)79)52-31-35-56(36-32-52)84-88-82(54-17-5-2-6-18-54)90-86(92-84)64-22-14-20-58(46-64)62-40-44-78-72(48-62)66-24-10-12-28-76(66)94-78/h1-50,79-80H. The van der Waals surface area contributed by atoms with Crippen LogP contribution in [0, 0.1) is 0 Å². The molecule has 0 saturated carbocycles. The van der Waals surface area contributed by atoms with Gasteiger partial charge in [-0.1, -0.05) is 243 Å². The van der Waals surface area contributed by atoms with Crippen molar-refractivity contribution in [1.29, 1.82) is 0 Å². The van der Waals surface area contributed by atoms with E-state index in [4.69, 9.17) is 38.7 Å². The summed E-state index contributed by atoms with van der Waals surface area (Å²) >= 11 is 0. The van der Waals surface area contributed by atoms with Crippen LogP contribution in [0.25, 0.3) is 157 Å². The van der Waals surface area contributed by atoms with Crippen LogP contribution >= 0.6 is 0 Å². The Morgan fingerprint density at radius 1 is 0.170 bits per heavy atom. The minimum Gasteiger partial charge on any atom is -0.456 e. The van der Waals surface area contributed by atoms with Crippen LogP contribution in [0.3, 0.4) is 0 Å². The second-order valence-corrected chi connectivity index (χ2v) is 24.5. The molecule has 3 aliphatic rings. The van der Waals surface area contributed by atoms with E-state index < -0.39 is 0 Å². The molecule has 2 unspecified atom stereocenters. The molecule has 4 heterocycles. The van der Waals surface area contributed by atoms with Crippen LogP contribution in [0.5, 0.6) is 0 Å². The van der Waals surface area contributed by atoms with Gasteiger partial charge in [-0.25, -0.2) is 29.9 Å². The van der Waals surface area contributed by atoms with Gasteiger partial charge in [0.05, 0.1) is 0 Å². The summed E-state index contributed by atoms with van der Waals surface area (Å²) in [4.78, 5) is 30.8. The third-order valence-electron chi connectivity index (χ3n) is 19.0. The average molecular weight is 1200 g/mol. The molecule has 0 radical (unpaired) electrons. The quantitative estimate of drug-likeness (QED) is 0.133. The van der Waals surface area contributed by atoms with Gasteiger partial charge < -0.3 is 8.83 Å².